The van der Waals surface area contributed by atoms with Gasteiger partial charge in [-0.15, -0.1) is 0 Å². The molecule has 150 valence electrons. The largest absolute Gasteiger partial charge is 0.325 e. The maximum absolute atomic E-state index is 12.5. The summed E-state index contributed by atoms with van der Waals surface area (Å²) in [5.41, 5.74) is 3.75. The summed E-state index contributed by atoms with van der Waals surface area (Å²) >= 11 is 0. The molecule has 0 bridgehead atoms. The Hall–Kier alpha value is -3.61. The van der Waals surface area contributed by atoms with Crippen LogP contribution >= 0.6 is 0 Å². The number of hydrogen-bond donors (Lipinski definition) is 1. The van der Waals surface area contributed by atoms with Crippen molar-refractivity contribution in [3.05, 3.63) is 70.5 Å². The highest BCUT2D eigenvalue weighted by atomic mass is 16.2. The van der Waals surface area contributed by atoms with Gasteiger partial charge in [0.25, 0.3) is 23.6 Å². The van der Waals surface area contributed by atoms with Gasteiger partial charge >= 0.3 is 0 Å². The lowest BCUT2D eigenvalue weighted by atomic mass is 9.77. The zero-order valence-electron chi connectivity index (χ0n) is 16.2. The molecule has 1 unspecified atom stereocenters. The molecule has 2 heterocycles. The summed E-state index contributed by atoms with van der Waals surface area (Å²) in [6, 6.07) is 6.49. The minimum Gasteiger partial charge on any atom is -0.325 e. The average molecular weight is 401 g/mol. The van der Waals surface area contributed by atoms with Crippen molar-refractivity contribution in [1.29, 1.82) is 0 Å². The first-order chi connectivity index (χ1) is 14.5. The Morgan fingerprint density at radius 3 is 2.50 bits per heavy atom. The van der Waals surface area contributed by atoms with E-state index in [9.17, 15) is 19.2 Å². The van der Waals surface area contributed by atoms with Gasteiger partial charge in [-0.25, -0.2) is 4.99 Å². The van der Waals surface area contributed by atoms with Gasteiger partial charge in [-0.2, -0.15) is 0 Å². The normalized spacial score (nSPS) is 23.8. The number of hydrogen-bond acceptors (Lipinski definition) is 4. The molecule has 0 radical (unpaired) electrons. The highest BCUT2D eigenvalue weighted by Gasteiger charge is 2.36. The predicted molar refractivity (Wildman–Crippen MR) is 109 cm³/mol. The molecule has 4 aliphatic rings. The molecule has 4 amide bonds. The van der Waals surface area contributed by atoms with E-state index in [4.69, 9.17) is 0 Å². The number of allylic oxidation sites excluding steroid dienone is 3. The van der Waals surface area contributed by atoms with Crippen molar-refractivity contribution in [3.8, 4) is 0 Å². The third-order valence-corrected chi connectivity index (χ3v) is 5.94. The van der Waals surface area contributed by atoms with Crippen LogP contribution in [0, 0.1) is 5.92 Å². The third-order valence-electron chi connectivity index (χ3n) is 5.94. The Morgan fingerprint density at radius 1 is 1.07 bits per heavy atom. The van der Waals surface area contributed by atoms with E-state index in [1.807, 2.05) is 6.08 Å². The topological polar surface area (TPSA) is 95.9 Å². The zero-order valence-corrected chi connectivity index (χ0v) is 16.2. The van der Waals surface area contributed by atoms with Gasteiger partial charge in [0.15, 0.2) is 0 Å². The maximum Gasteiger partial charge on any atom is 0.266 e. The molecule has 7 heteroatoms. The Labute approximate surface area is 172 Å². The van der Waals surface area contributed by atoms with Gasteiger partial charge in [0.05, 0.1) is 16.8 Å². The fourth-order valence-electron chi connectivity index (χ4n) is 4.52. The van der Waals surface area contributed by atoms with E-state index in [1.165, 1.54) is 0 Å². The number of carbonyl (C=O) groups is 4. The van der Waals surface area contributed by atoms with Crippen LogP contribution in [0.15, 0.2) is 64.3 Å². The van der Waals surface area contributed by atoms with Gasteiger partial charge in [0, 0.05) is 17.2 Å². The summed E-state index contributed by atoms with van der Waals surface area (Å²) in [5, 5.41) is 2.92. The molecule has 30 heavy (non-hydrogen) atoms. The first kappa shape index (κ1) is 18.4. The van der Waals surface area contributed by atoms with Crippen molar-refractivity contribution in [1.82, 2.24) is 10.2 Å². The van der Waals surface area contributed by atoms with Crippen LogP contribution in [0.3, 0.4) is 0 Å². The predicted octanol–water partition coefficient (Wildman–Crippen LogP) is 2.32. The fourth-order valence-corrected chi connectivity index (χ4v) is 4.52. The minimum absolute atomic E-state index is 0.0169. The van der Waals surface area contributed by atoms with E-state index in [-0.39, 0.29) is 11.8 Å². The molecule has 0 spiro atoms. The highest BCUT2D eigenvalue weighted by Crippen LogP contribution is 2.38. The van der Waals surface area contributed by atoms with Gasteiger partial charge in [-0.1, -0.05) is 18.2 Å². The summed E-state index contributed by atoms with van der Waals surface area (Å²) in [4.78, 5) is 54.7. The van der Waals surface area contributed by atoms with E-state index in [0.29, 0.717) is 16.8 Å². The zero-order chi connectivity index (χ0) is 20.8. The second-order valence-corrected chi connectivity index (χ2v) is 7.77. The summed E-state index contributed by atoms with van der Waals surface area (Å²) in [6.07, 6.45) is 9.21. The molecule has 0 saturated heterocycles. The Bertz CT molecular complexity index is 1100. The molecule has 1 atom stereocenters. The van der Waals surface area contributed by atoms with Gasteiger partial charge in [0.2, 0.25) is 0 Å². The number of nitrogens with zero attached hydrogens (tertiary/aromatic N) is 2. The van der Waals surface area contributed by atoms with E-state index in [0.717, 1.165) is 47.4 Å². The molecule has 0 aromatic heterocycles. The quantitative estimate of drug-likeness (QED) is 0.770. The Balaban J connectivity index is 1.34. The first-order valence-corrected chi connectivity index (χ1v) is 10.0. The summed E-state index contributed by atoms with van der Waals surface area (Å²) in [7, 11) is 0. The van der Waals surface area contributed by atoms with Crippen LogP contribution < -0.4 is 5.32 Å². The van der Waals surface area contributed by atoms with Crippen molar-refractivity contribution in [2.75, 3.05) is 6.54 Å². The Morgan fingerprint density at radius 2 is 1.77 bits per heavy atom. The van der Waals surface area contributed by atoms with Crippen molar-refractivity contribution >= 4 is 29.3 Å². The van der Waals surface area contributed by atoms with Gasteiger partial charge in [-0.05, 0) is 55.5 Å². The van der Waals surface area contributed by atoms with Gasteiger partial charge < -0.3 is 5.32 Å². The van der Waals surface area contributed by atoms with Crippen LogP contribution in [-0.4, -0.2) is 40.8 Å². The number of benzene rings is 1. The van der Waals surface area contributed by atoms with Crippen LogP contribution in [0.5, 0.6) is 0 Å². The second kappa shape index (κ2) is 7.02. The average Bonchev–Trinajstić information content (AvgIpc) is 2.99. The number of nitrogens with one attached hydrogen (secondary N) is 1. The van der Waals surface area contributed by atoms with Crippen LogP contribution in [0.2, 0.25) is 0 Å². The smallest absolute Gasteiger partial charge is 0.266 e. The summed E-state index contributed by atoms with van der Waals surface area (Å²) in [5.74, 6) is -1.63. The SMILES string of the molecule is O=C(CN1C(=O)c2ccccc2C1=O)N=C1C=CC2C(=C1)NC(=O)C1=C2CCCC1. The molecule has 2 aliphatic heterocycles. The first-order valence-electron chi connectivity index (χ1n) is 10.0. The summed E-state index contributed by atoms with van der Waals surface area (Å²) in [6.45, 7) is -0.419. The number of aliphatic imine (C=N–C) groups is 1. The fraction of sp³-hybridized carbons (Fsp3) is 0.261. The van der Waals surface area contributed by atoms with Crippen LogP contribution in [0.25, 0.3) is 0 Å². The molecular weight excluding hydrogens is 382 g/mol. The van der Waals surface area contributed by atoms with Gasteiger partial charge in [-0.3, -0.25) is 24.1 Å². The molecular formula is C23H19N3O4. The molecule has 1 aromatic carbocycles. The summed E-state index contributed by atoms with van der Waals surface area (Å²) < 4.78 is 0. The van der Waals surface area contributed by atoms with Crippen LogP contribution in [0.4, 0.5) is 0 Å². The molecule has 2 aliphatic carbocycles. The number of fused-ring (bicyclic) bond motifs is 3. The van der Waals surface area contributed by atoms with E-state index in [1.54, 1.807) is 36.4 Å². The molecule has 1 aromatic rings. The molecule has 0 saturated carbocycles. The number of imide groups is 1. The third kappa shape index (κ3) is 2.94. The standard InChI is InChI=1S/C23H19N3O4/c27-20(12-26-22(29)17-7-3-4-8-18(17)23(26)30)24-13-9-10-15-14-5-1-2-6-16(14)21(28)25-19(15)11-13/h3-4,7-11,15H,1-2,5-6,12H2,(H,25,28). The number of amides is 4. The van der Waals surface area contributed by atoms with E-state index >= 15 is 0 Å². The van der Waals surface area contributed by atoms with Crippen molar-refractivity contribution in [3.63, 3.8) is 0 Å². The monoisotopic (exact) mass is 401 g/mol. The minimum atomic E-state index is -0.598. The lowest BCUT2D eigenvalue weighted by molar-refractivity contribution is -0.118. The Kier molecular flexibility index (Phi) is 4.31. The molecule has 7 nitrogen and oxygen atoms in total. The van der Waals surface area contributed by atoms with Crippen LogP contribution in [-0.2, 0) is 9.59 Å². The number of carbonyl (C=O) groups excluding carboxylic acids is 4. The van der Waals surface area contributed by atoms with Crippen molar-refractivity contribution in [2.45, 2.75) is 25.7 Å². The highest BCUT2D eigenvalue weighted by molar-refractivity contribution is 6.22. The lowest BCUT2D eigenvalue weighted by Gasteiger charge is -2.33. The van der Waals surface area contributed by atoms with E-state index in [2.05, 4.69) is 10.3 Å². The molecule has 0 fully saturated rings. The second-order valence-electron chi connectivity index (χ2n) is 7.77. The van der Waals surface area contributed by atoms with Crippen molar-refractivity contribution in [2.24, 2.45) is 10.9 Å². The van der Waals surface area contributed by atoms with Crippen LogP contribution in [0.1, 0.15) is 46.4 Å². The molecule has 5 rings (SSSR count). The van der Waals surface area contributed by atoms with Crippen molar-refractivity contribution < 1.29 is 19.2 Å². The molecule has 1 N–H and O–H groups in total. The van der Waals surface area contributed by atoms with Gasteiger partial charge in [0.1, 0.15) is 6.54 Å². The van der Waals surface area contributed by atoms with E-state index < -0.39 is 24.3 Å². The maximum atomic E-state index is 12.5. The number of rotatable bonds is 2. The lowest BCUT2D eigenvalue weighted by Crippen LogP contribution is -2.38.